The van der Waals surface area contributed by atoms with Crippen LogP contribution < -0.4 is 15.2 Å². The number of hydrogen-bond acceptors (Lipinski definition) is 6. The van der Waals surface area contributed by atoms with E-state index in [1.807, 2.05) is 13.8 Å². The highest BCUT2D eigenvalue weighted by molar-refractivity contribution is 5.77. The molecule has 0 aliphatic heterocycles. The Morgan fingerprint density at radius 3 is 2.61 bits per heavy atom. The molecule has 1 aromatic rings. The SMILES string of the molecule is COc1cc(OCC(=O)N(C)CC(C)(C)CN)ccc1[N+](=O)[O-]. The van der Waals surface area contributed by atoms with E-state index in [2.05, 4.69) is 0 Å². The number of carbonyl (C=O) groups excluding carboxylic acids is 1. The number of rotatable bonds is 8. The molecule has 0 saturated carbocycles. The molecule has 0 aliphatic carbocycles. The van der Waals surface area contributed by atoms with Crippen molar-refractivity contribution in [3.05, 3.63) is 28.3 Å². The average Bonchev–Trinajstić information content (AvgIpc) is 2.51. The van der Waals surface area contributed by atoms with Gasteiger partial charge in [0.15, 0.2) is 6.61 Å². The quantitative estimate of drug-likeness (QED) is 0.572. The van der Waals surface area contributed by atoms with Gasteiger partial charge < -0.3 is 20.1 Å². The topological polar surface area (TPSA) is 108 Å². The number of nitro groups is 1. The number of likely N-dealkylation sites (N-methyl/N-ethyl adjacent to an activating group) is 1. The lowest BCUT2D eigenvalue weighted by molar-refractivity contribution is -0.385. The number of nitrogens with zero attached hydrogens (tertiary/aromatic N) is 2. The molecule has 0 radical (unpaired) electrons. The van der Waals surface area contributed by atoms with E-state index in [1.165, 1.54) is 25.3 Å². The van der Waals surface area contributed by atoms with Crippen LogP contribution >= 0.6 is 0 Å². The molecule has 1 rings (SSSR count). The van der Waals surface area contributed by atoms with E-state index in [0.717, 1.165) is 0 Å². The Hall–Kier alpha value is -2.35. The fraction of sp³-hybridized carbons (Fsp3) is 0.533. The normalized spacial score (nSPS) is 11.0. The van der Waals surface area contributed by atoms with Crippen LogP contribution in [0.15, 0.2) is 18.2 Å². The van der Waals surface area contributed by atoms with Crippen LogP contribution in [-0.2, 0) is 4.79 Å². The smallest absolute Gasteiger partial charge is 0.311 e. The van der Waals surface area contributed by atoms with Gasteiger partial charge in [0, 0.05) is 25.7 Å². The summed E-state index contributed by atoms with van der Waals surface area (Å²) >= 11 is 0. The highest BCUT2D eigenvalue weighted by atomic mass is 16.6. The Balaban J connectivity index is 2.67. The summed E-state index contributed by atoms with van der Waals surface area (Å²) in [5, 5.41) is 10.8. The van der Waals surface area contributed by atoms with Crippen molar-refractivity contribution in [1.82, 2.24) is 4.90 Å². The zero-order valence-electron chi connectivity index (χ0n) is 13.9. The third-order valence-corrected chi connectivity index (χ3v) is 3.35. The van der Waals surface area contributed by atoms with E-state index < -0.39 is 4.92 Å². The van der Waals surface area contributed by atoms with Crippen LogP contribution in [0.2, 0.25) is 0 Å². The van der Waals surface area contributed by atoms with Crippen LogP contribution in [0.1, 0.15) is 13.8 Å². The monoisotopic (exact) mass is 325 g/mol. The van der Waals surface area contributed by atoms with Crippen molar-refractivity contribution < 1.29 is 19.2 Å². The number of benzene rings is 1. The first-order valence-corrected chi connectivity index (χ1v) is 7.09. The number of hydrogen-bond donors (Lipinski definition) is 1. The Morgan fingerprint density at radius 1 is 1.43 bits per heavy atom. The molecular formula is C15H23N3O5. The van der Waals surface area contributed by atoms with Crippen molar-refractivity contribution in [2.24, 2.45) is 11.1 Å². The van der Waals surface area contributed by atoms with Crippen LogP contribution in [0.4, 0.5) is 5.69 Å². The second kappa shape index (κ2) is 7.77. The molecule has 0 aromatic heterocycles. The second-order valence-electron chi connectivity index (χ2n) is 6.00. The maximum absolute atomic E-state index is 12.1. The third kappa shape index (κ3) is 5.41. The van der Waals surface area contributed by atoms with Gasteiger partial charge in [0.1, 0.15) is 5.75 Å². The molecule has 0 spiro atoms. The minimum atomic E-state index is -0.545. The molecule has 0 bridgehead atoms. The van der Waals surface area contributed by atoms with Crippen LogP contribution in [0.3, 0.4) is 0 Å². The molecule has 1 amide bonds. The van der Waals surface area contributed by atoms with Gasteiger partial charge in [0.2, 0.25) is 5.75 Å². The van der Waals surface area contributed by atoms with Gasteiger partial charge in [0.05, 0.1) is 12.0 Å². The van der Waals surface area contributed by atoms with E-state index in [1.54, 1.807) is 11.9 Å². The maximum Gasteiger partial charge on any atom is 0.311 e. The summed E-state index contributed by atoms with van der Waals surface area (Å²) in [6.45, 7) is 4.75. The minimum Gasteiger partial charge on any atom is -0.490 e. The third-order valence-electron chi connectivity index (χ3n) is 3.35. The highest BCUT2D eigenvalue weighted by Gasteiger charge is 2.21. The van der Waals surface area contributed by atoms with E-state index in [0.29, 0.717) is 18.8 Å². The molecule has 8 heteroatoms. The molecule has 2 N–H and O–H groups in total. The summed E-state index contributed by atoms with van der Waals surface area (Å²) in [6.07, 6.45) is 0. The number of nitro benzene ring substituents is 1. The Labute approximate surface area is 135 Å². The molecule has 0 atom stereocenters. The van der Waals surface area contributed by atoms with Crippen molar-refractivity contribution in [2.75, 3.05) is 33.9 Å². The van der Waals surface area contributed by atoms with Crippen molar-refractivity contribution in [2.45, 2.75) is 13.8 Å². The average molecular weight is 325 g/mol. The summed E-state index contributed by atoms with van der Waals surface area (Å²) in [4.78, 5) is 23.9. The molecule has 0 fully saturated rings. The first-order chi connectivity index (χ1) is 10.7. The molecule has 0 heterocycles. The van der Waals surface area contributed by atoms with Crippen molar-refractivity contribution in [3.63, 3.8) is 0 Å². The van der Waals surface area contributed by atoms with E-state index >= 15 is 0 Å². The van der Waals surface area contributed by atoms with Crippen molar-refractivity contribution >= 4 is 11.6 Å². The van der Waals surface area contributed by atoms with E-state index in [-0.39, 0.29) is 29.4 Å². The van der Waals surface area contributed by atoms with Gasteiger partial charge in [-0.2, -0.15) is 0 Å². The first-order valence-electron chi connectivity index (χ1n) is 7.09. The van der Waals surface area contributed by atoms with Gasteiger partial charge >= 0.3 is 5.69 Å². The standard InChI is InChI=1S/C15H23N3O5/c1-15(2,9-16)10-17(3)14(19)8-23-11-5-6-12(18(20)21)13(7-11)22-4/h5-7H,8-10,16H2,1-4H3. The number of amides is 1. The van der Waals surface area contributed by atoms with Crippen LogP contribution in [-0.4, -0.2) is 49.6 Å². The fourth-order valence-electron chi connectivity index (χ4n) is 1.95. The Kier molecular flexibility index (Phi) is 6.32. The molecule has 8 nitrogen and oxygen atoms in total. The van der Waals surface area contributed by atoms with Crippen LogP contribution in [0, 0.1) is 15.5 Å². The van der Waals surface area contributed by atoms with E-state index in [4.69, 9.17) is 15.2 Å². The molecule has 128 valence electrons. The van der Waals surface area contributed by atoms with Gasteiger partial charge in [-0.1, -0.05) is 13.8 Å². The largest absolute Gasteiger partial charge is 0.490 e. The lowest BCUT2D eigenvalue weighted by Gasteiger charge is -2.29. The predicted molar refractivity (Wildman–Crippen MR) is 85.6 cm³/mol. The molecule has 1 aromatic carbocycles. The van der Waals surface area contributed by atoms with Gasteiger partial charge in [-0.25, -0.2) is 0 Å². The second-order valence-corrected chi connectivity index (χ2v) is 6.00. The van der Waals surface area contributed by atoms with Gasteiger partial charge in [-0.3, -0.25) is 14.9 Å². The maximum atomic E-state index is 12.1. The molecule has 0 saturated heterocycles. The number of ether oxygens (including phenoxy) is 2. The zero-order valence-corrected chi connectivity index (χ0v) is 13.9. The summed E-state index contributed by atoms with van der Waals surface area (Å²) in [6, 6.07) is 4.09. The van der Waals surface area contributed by atoms with E-state index in [9.17, 15) is 14.9 Å². The summed E-state index contributed by atoms with van der Waals surface area (Å²) < 4.78 is 10.3. The highest BCUT2D eigenvalue weighted by Crippen LogP contribution is 2.30. The van der Waals surface area contributed by atoms with Crippen LogP contribution in [0.5, 0.6) is 11.5 Å². The first kappa shape index (κ1) is 18.7. The number of methoxy groups -OCH3 is 1. The summed E-state index contributed by atoms with van der Waals surface area (Å²) in [7, 11) is 3.01. The van der Waals surface area contributed by atoms with Crippen molar-refractivity contribution in [1.29, 1.82) is 0 Å². The molecule has 0 unspecified atom stereocenters. The summed E-state index contributed by atoms with van der Waals surface area (Å²) in [5.41, 5.74) is 5.31. The molecule has 0 aliphatic rings. The Bertz CT molecular complexity index is 574. The summed E-state index contributed by atoms with van der Waals surface area (Å²) in [5.74, 6) is 0.202. The van der Waals surface area contributed by atoms with Crippen LogP contribution in [0.25, 0.3) is 0 Å². The minimum absolute atomic E-state index is 0.0811. The van der Waals surface area contributed by atoms with Gasteiger partial charge in [0.25, 0.3) is 5.91 Å². The van der Waals surface area contributed by atoms with Gasteiger partial charge in [-0.15, -0.1) is 0 Å². The van der Waals surface area contributed by atoms with Gasteiger partial charge in [-0.05, 0) is 18.0 Å². The molecule has 23 heavy (non-hydrogen) atoms. The fourth-order valence-corrected chi connectivity index (χ4v) is 1.95. The Morgan fingerprint density at radius 2 is 2.09 bits per heavy atom. The number of nitrogens with two attached hydrogens (primary N) is 1. The zero-order chi connectivity index (χ0) is 17.6. The van der Waals surface area contributed by atoms with Crippen molar-refractivity contribution in [3.8, 4) is 11.5 Å². The predicted octanol–water partition coefficient (Wildman–Crippen LogP) is 1.43. The lowest BCUT2D eigenvalue weighted by atomic mass is 9.93. The lowest BCUT2D eigenvalue weighted by Crippen LogP contribution is -2.41. The molecular weight excluding hydrogens is 302 g/mol. The number of carbonyl (C=O) groups is 1.